The van der Waals surface area contributed by atoms with Crippen LogP contribution in [0.4, 0.5) is 13.2 Å². The Balaban J connectivity index is 3.49. The molecule has 0 heterocycles. The summed E-state index contributed by atoms with van der Waals surface area (Å²) in [5.41, 5.74) is -1.11. The van der Waals surface area contributed by atoms with Gasteiger partial charge in [-0.05, 0) is 0 Å². The van der Waals surface area contributed by atoms with Crippen LogP contribution in [-0.2, 0) is 18.0 Å². The van der Waals surface area contributed by atoms with Crippen molar-refractivity contribution in [3.8, 4) is 5.75 Å². The molecule has 1 aromatic carbocycles. The second kappa shape index (κ2) is 5.18. The first-order valence-corrected chi connectivity index (χ1v) is 4.40. The molecule has 90 valence electrons. The third-order valence-electron chi connectivity index (χ3n) is 2.11. The smallest absolute Gasteiger partial charge is 0.174 e. The van der Waals surface area contributed by atoms with Crippen LogP contribution < -0.4 is 4.74 Å². The van der Waals surface area contributed by atoms with Gasteiger partial charge >= 0.3 is 0 Å². The zero-order valence-corrected chi connectivity index (χ0v) is 8.81. The van der Waals surface area contributed by atoms with Gasteiger partial charge in [0.25, 0.3) is 0 Å². The topological polar surface area (TPSA) is 38.7 Å². The Morgan fingerprint density at radius 2 is 1.56 bits per heavy atom. The molecule has 0 saturated heterocycles. The number of aliphatic hydroxyl groups is 1. The third kappa shape index (κ3) is 1.98. The second-order valence-corrected chi connectivity index (χ2v) is 3.02. The average Bonchev–Trinajstić information content (AvgIpc) is 2.29. The zero-order chi connectivity index (χ0) is 12.3. The summed E-state index contributed by atoms with van der Waals surface area (Å²) in [6, 6.07) is 0. The van der Waals surface area contributed by atoms with Crippen molar-refractivity contribution < 1.29 is 27.8 Å². The normalized spacial score (nSPS) is 10.6. The lowest BCUT2D eigenvalue weighted by molar-refractivity contribution is 0.174. The summed E-state index contributed by atoms with van der Waals surface area (Å²) in [4.78, 5) is 0. The van der Waals surface area contributed by atoms with Crippen molar-refractivity contribution in [3.63, 3.8) is 0 Å². The molecule has 0 fully saturated rings. The molecule has 0 amide bonds. The number of halogens is 3. The van der Waals surface area contributed by atoms with Gasteiger partial charge in [-0.25, -0.2) is 13.2 Å². The minimum Gasteiger partial charge on any atom is -0.493 e. The Bertz CT molecular complexity index is 394. The standard InChI is InChI=1S/C10H11F3O3/c1-15-4-6-8(12)7(11)5(3-14)10(16-2)9(6)13/h14H,3-4H2,1-2H3. The molecule has 1 N–H and O–H groups in total. The van der Waals surface area contributed by atoms with Crippen molar-refractivity contribution in [2.75, 3.05) is 14.2 Å². The van der Waals surface area contributed by atoms with Gasteiger partial charge < -0.3 is 14.6 Å². The molecule has 0 aliphatic carbocycles. The molecule has 0 radical (unpaired) electrons. The van der Waals surface area contributed by atoms with E-state index in [0.29, 0.717) is 0 Å². The highest BCUT2D eigenvalue weighted by Crippen LogP contribution is 2.31. The van der Waals surface area contributed by atoms with E-state index < -0.39 is 47.5 Å². The lowest BCUT2D eigenvalue weighted by Gasteiger charge is -2.13. The van der Waals surface area contributed by atoms with Crippen molar-refractivity contribution in [1.82, 2.24) is 0 Å². The Morgan fingerprint density at radius 3 is 2.00 bits per heavy atom. The van der Waals surface area contributed by atoms with Gasteiger partial charge in [0, 0.05) is 7.11 Å². The summed E-state index contributed by atoms with van der Waals surface area (Å²) >= 11 is 0. The lowest BCUT2D eigenvalue weighted by Crippen LogP contribution is -2.08. The van der Waals surface area contributed by atoms with Crippen molar-refractivity contribution in [2.24, 2.45) is 0 Å². The Kier molecular flexibility index (Phi) is 4.14. The SMILES string of the molecule is COCc1c(F)c(F)c(CO)c(OC)c1F. The van der Waals surface area contributed by atoms with E-state index in [1.165, 1.54) is 7.11 Å². The van der Waals surface area contributed by atoms with Crippen LogP contribution in [0.25, 0.3) is 0 Å². The number of ether oxygens (including phenoxy) is 2. The van der Waals surface area contributed by atoms with E-state index in [-0.39, 0.29) is 0 Å². The van der Waals surface area contributed by atoms with E-state index in [1.54, 1.807) is 0 Å². The van der Waals surface area contributed by atoms with Crippen LogP contribution in [0.1, 0.15) is 11.1 Å². The van der Waals surface area contributed by atoms with Crippen LogP contribution in [0.3, 0.4) is 0 Å². The number of hydrogen-bond donors (Lipinski definition) is 1. The van der Waals surface area contributed by atoms with Crippen LogP contribution in [0, 0.1) is 17.5 Å². The van der Waals surface area contributed by atoms with Gasteiger partial charge in [0.1, 0.15) is 0 Å². The fraction of sp³-hybridized carbons (Fsp3) is 0.400. The molecule has 1 rings (SSSR count). The van der Waals surface area contributed by atoms with Gasteiger partial charge in [0.15, 0.2) is 23.2 Å². The minimum atomic E-state index is -1.37. The van der Waals surface area contributed by atoms with Gasteiger partial charge in [-0.1, -0.05) is 0 Å². The molecule has 16 heavy (non-hydrogen) atoms. The summed E-state index contributed by atoms with van der Waals surface area (Å²) in [7, 11) is 2.33. The Labute approximate surface area is 90.4 Å². The van der Waals surface area contributed by atoms with Crippen LogP contribution >= 0.6 is 0 Å². The predicted octanol–water partition coefficient (Wildman–Crippen LogP) is 1.75. The number of aliphatic hydroxyl groups excluding tert-OH is 1. The molecule has 0 bridgehead atoms. The quantitative estimate of drug-likeness (QED) is 0.809. The monoisotopic (exact) mass is 236 g/mol. The third-order valence-corrected chi connectivity index (χ3v) is 2.11. The van der Waals surface area contributed by atoms with Crippen molar-refractivity contribution in [3.05, 3.63) is 28.6 Å². The van der Waals surface area contributed by atoms with Crippen molar-refractivity contribution >= 4 is 0 Å². The van der Waals surface area contributed by atoms with E-state index in [4.69, 9.17) is 5.11 Å². The molecule has 0 aromatic heterocycles. The van der Waals surface area contributed by atoms with Crippen LogP contribution in [-0.4, -0.2) is 19.3 Å². The molecular formula is C10H11F3O3. The first kappa shape index (κ1) is 12.8. The van der Waals surface area contributed by atoms with Gasteiger partial charge in [-0.3, -0.25) is 0 Å². The first-order chi connectivity index (χ1) is 7.58. The Morgan fingerprint density at radius 1 is 1.00 bits per heavy atom. The van der Waals surface area contributed by atoms with Gasteiger partial charge in [-0.15, -0.1) is 0 Å². The Hall–Kier alpha value is -1.27. The highest BCUT2D eigenvalue weighted by Gasteiger charge is 2.24. The van der Waals surface area contributed by atoms with Gasteiger partial charge in [0.2, 0.25) is 0 Å². The molecule has 0 aliphatic heterocycles. The molecule has 6 heteroatoms. The maximum atomic E-state index is 13.6. The molecule has 3 nitrogen and oxygen atoms in total. The summed E-state index contributed by atoms with van der Waals surface area (Å²) in [5, 5.41) is 8.82. The van der Waals surface area contributed by atoms with E-state index in [2.05, 4.69) is 9.47 Å². The van der Waals surface area contributed by atoms with E-state index in [0.717, 1.165) is 7.11 Å². The zero-order valence-electron chi connectivity index (χ0n) is 8.81. The van der Waals surface area contributed by atoms with Crippen LogP contribution in [0.2, 0.25) is 0 Å². The fourth-order valence-corrected chi connectivity index (χ4v) is 1.36. The fourth-order valence-electron chi connectivity index (χ4n) is 1.36. The second-order valence-electron chi connectivity index (χ2n) is 3.02. The van der Waals surface area contributed by atoms with Crippen molar-refractivity contribution in [1.29, 1.82) is 0 Å². The van der Waals surface area contributed by atoms with Gasteiger partial charge in [0.05, 0.1) is 31.5 Å². The summed E-state index contributed by atoms with van der Waals surface area (Å²) in [5.74, 6) is -4.27. The number of methoxy groups -OCH3 is 2. The van der Waals surface area contributed by atoms with Crippen LogP contribution in [0.5, 0.6) is 5.75 Å². The average molecular weight is 236 g/mol. The lowest BCUT2D eigenvalue weighted by atomic mass is 10.1. The number of hydrogen-bond acceptors (Lipinski definition) is 3. The molecule has 0 saturated carbocycles. The largest absolute Gasteiger partial charge is 0.493 e. The first-order valence-electron chi connectivity index (χ1n) is 4.40. The van der Waals surface area contributed by atoms with Crippen molar-refractivity contribution in [2.45, 2.75) is 13.2 Å². The minimum absolute atomic E-state index is 0.420. The maximum absolute atomic E-state index is 13.6. The molecular weight excluding hydrogens is 225 g/mol. The maximum Gasteiger partial charge on any atom is 0.174 e. The molecule has 0 aliphatic rings. The molecule has 0 atom stereocenters. The highest BCUT2D eigenvalue weighted by molar-refractivity contribution is 5.41. The number of rotatable bonds is 4. The van der Waals surface area contributed by atoms with E-state index in [1.807, 2.05) is 0 Å². The van der Waals surface area contributed by atoms with E-state index in [9.17, 15) is 13.2 Å². The van der Waals surface area contributed by atoms with Crippen LogP contribution in [0.15, 0.2) is 0 Å². The highest BCUT2D eigenvalue weighted by atomic mass is 19.2. The summed E-state index contributed by atoms with van der Waals surface area (Å²) in [6.07, 6.45) is 0. The predicted molar refractivity (Wildman–Crippen MR) is 49.5 cm³/mol. The molecule has 0 spiro atoms. The molecule has 0 unspecified atom stereocenters. The summed E-state index contributed by atoms with van der Waals surface area (Å²) in [6.45, 7) is -1.27. The van der Waals surface area contributed by atoms with E-state index >= 15 is 0 Å². The molecule has 1 aromatic rings. The van der Waals surface area contributed by atoms with Gasteiger partial charge in [-0.2, -0.15) is 0 Å². The number of benzene rings is 1. The summed E-state index contributed by atoms with van der Waals surface area (Å²) < 4.78 is 49.5.